The lowest BCUT2D eigenvalue weighted by Crippen LogP contribution is -2.32. The second-order valence-electron chi connectivity index (χ2n) is 5.81. The van der Waals surface area contributed by atoms with Gasteiger partial charge in [-0.05, 0) is 55.8 Å². The molecule has 0 bridgehead atoms. The second kappa shape index (κ2) is 7.84. The maximum atomic E-state index is 5.58. The zero-order chi connectivity index (χ0) is 17.6. The Balaban J connectivity index is 1.85. The van der Waals surface area contributed by atoms with Crippen LogP contribution in [0.4, 0.5) is 0 Å². The van der Waals surface area contributed by atoms with Crippen LogP contribution in [-0.4, -0.2) is 13.2 Å². The molecule has 0 spiro atoms. The summed E-state index contributed by atoms with van der Waals surface area (Å²) in [5, 5.41) is 1.17. The van der Waals surface area contributed by atoms with Gasteiger partial charge in [0, 0.05) is 18.2 Å². The van der Waals surface area contributed by atoms with Crippen LogP contribution < -0.4 is 14.0 Å². The first kappa shape index (κ1) is 17.0. The molecule has 0 aliphatic rings. The van der Waals surface area contributed by atoms with Gasteiger partial charge in [0.2, 0.25) is 11.2 Å². The molecule has 3 rings (SSSR count). The number of aromatic nitrogens is 1. The summed E-state index contributed by atoms with van der Waals surface area (Å²) in [6.45, 7) is 5.36. The van der Waals surface area contributed by atoms with Crippen molar-refractivity contribution in [2.45, 2.75) is 13.8 Å². The van der Waals surface area contributed by atoms with Crippen molar-refractivity contribution in [2.75, 3.05) is 13.2 Å². The topological polar surface area (TPSA) is 22.3 Å². The van der Waals surface area contributed by atoms with Crippen molar-refractivity contribution >= 4 is 23.1 Å². The van der Waals surface area contributed by atoms with Crippen molar-refractivity contribution in [3.8, 4) is 11.5 Å². The Morgan fingerprint density at radius 1 is 0.800 bits per heavy atom. The molecule has 0 radical (unpaired) electrons. The SMILES string of the molecule is CCOc1ccc(C=Cc2ccc3cc(OCC)ccc3[n+]2C)cc1. The number of ether oxygens (including phenoxy) is 2. The summed E-state index contributed by atoms with van der Waals surface area (Å²) >= 11 is 0. The van der Waals surface area contributed by atoms with Crippen LogP contribution in [0.1, 0.15) is 25.1 Å². The highest BCUT2D eigenvalue weighted by Crippen LogP contribution is 2.20. The van der Waals surface area contributed by atoms with Gasteiger partial charge in [0.1, 0.15) is 18.5 Å². The van der Waals surface area contributed by atoms with Gasteiger partial charge in [-0.25, -0.2) is 0 Å². The van der Waals surface area contributed by atoms with Gasteiger partial charge in [0.25, 0.3) is 0 Å². The summed E-state index contributed by atoms with van der Waals surface area (Å²) in [6, 6.07) is 18.6. The van der Waals surface area contributed by atoms with Crippen LogP contribution in [0, 0.1) is 0 Å². The Labute approximate surface area is 149 Å². The van der Waals surface area contributed by atoms with Crippen molar-refractivity contribution in [1.82, 2.24) is 0 Å². The van der Waals surface area contributed by atoms with E-state index in [1.807, 2.05) is 32.0 Å². The molecule has 0 saturated heterocycles. The van der Waals surface area contributed by atoms with Crippen LogP contribution in [0.25, 0.3) is 23.1 Å². The number of pyridine rings is 1. The Morgan fingerprint density at radius 2 is 1.48 bits per heavy atom. The normalized spacial score (nSPS) is 11.2. The fraction of sp³-hybridized carbons (Fsp3) is 0.227. The standard InChI is InChI=1S/C22H24NO2/c1-4-24-20-12-7-17(8-13-20)6-10-19-11-9-18-16-21(25-5-2)14-15-22(18)23(19)3/h6-16H,4-5H2,1-3H3/q+1. The molecule has 0 N–H and O–H groups in total. The first-order chi connectivity index (χ1) is 12.2. The second-order valence-corrected chi connectivity index (χ2v) is 5.81. The van der Waals surface area contributed by atoms with Crippen molar-refractivity contribution in [1.29, 1.82) is 0 Å². The van der Waals surface area contributed by atoms with Gasteiger partial charge < -0.3 is 9.47 Å². The summed E-state index contributed by atoms with van der Waals surface area (Å²) in [5.41, 5.74) is 3.47. The molecule has 0 atom stereocenters. The van der Waals surface area contributed by atoms with Gasteiger partial charge in [-0.2, -0.15) is 4.57 Å². The van der Waals surface area contributed by atoms with E-state index in [1.165, 1.54) is 10.9 Å². The van der Waals surface area contributed by atoms with E-state index >= 15 is 0 Å². The van der Waals surface area contributed by atoms with Crippen LogP contribution in [0.5, 0.6) is 11.5 Å². The molecule has 0 aliphatic heterocycles. The third-order valence-corrected chi connectivity index (χ3v) is 4.13. The van der Waals surface area contributed by atoms with Gasteiger partial charge >= 0.3 is 0 Å². The minimum atomic E-state index is 0.681. The molecule has 0 saturated carbocycles. The van der Waals surface area contributed by atoms with Gasteiger partial charge in [-0.15, -0.1) is 0 Å². The molecule has 1 heterocycles. The van der Waals surface area contributed by atoms with Crippen LogP contribution >= 0.6 is 0 Å². The minimum Gasteiger partial charge on any atom is -0.494 e. The Hall–Kier alpha value is -2.81. The van der Waals surface area contributed by atoms with E-state index in [9.17, 15) is 0 Å². The van der Waals surface area contributed by atoms with E-state index in [0.29, 0.717) is 13.2 Å². The lowest BCUT2D eigenvalue weighted by atomic mass is 10.1. The first-order valence-corrected chi connectivity index (χ1v) is 8.68. The highest BCUT2D eigenvalue weighted by Gasteiger charge is 2.10. The summed E-state index contributed by atoms with van der Waals surface area (Å²) in [7, 11) is 2.08. The van der Waals surface area contributed by atoms with Crippen molar-refractivity contribution in [3.05, 3.63) is 65.9 Å². The van der Waals surface area contributed by atoms with Gasteiger partial charge in [-0.1, -0.05) is 12.1 Å². The van der Waals surface area contributed by atoms with Crippen LogP contribution in [0.2, 0.25) is 0 Å². The molecule has 25 heavy (non-hydrogen) atoms. The highest BCUT2D eigenvalue weighted by molar-refractivity contribution is 5.79. The highest BCUT2D eigenvalue weighted by atomic mass is 16.5. The smallest absolute Gasteiger partial charge is 0.212 e. The molecule has 3 aromatic rings. The maximum Gasteiger partial charge on any atom is 0.212 e. The monoisotopic (exact) mass is 334 g/mol. The van der Waals surface area contributed by atoms with Crippen molar-refractivity contribution < 1.29 is 14.0 Å². The Morgan fingerprint density at radius 3 is 2.20 bits per heavy atom. The molecule has 0 unspecified atom stereocenters. The lowest BCUT2D eigenvalue weighted by Gasteiger charge is -2.05. The molecular weight excluding hydrogens is 310 g/mol. The van der Waals surface area contributed by atoms with E-state index in [0.717, 1.165) is 22.8 Å². The van der Waals surface area contributed by atoms with E-state index < -0.39 is 0 Å². The van der Waals surface area contributed by atoms with E-state index in [1.54, 1.807) is 0 Å². The number of fused-ring (bicyclic) bond motifs is 1. The molecule has 0 amide bonds. The van der Waals surface area contributed by atoms with E-state index in [2.05, 4.69) is 60.2 Å². The van der Waals surface area contributed by atoms with E-state index in [-0.39, 0.29) is 0 Å². The summed E-state index contributed by atoms with van der Waals surface area (Å²) in [6.07, 6.45) is 4.25. The molecular formula is C22H24NO2+. The van der Waals surface area contributed by atoms with Crippen LogP contribution in [-0.2, 0) is 7.05 Å². The summed E-state index contributed by atoms with van der Waals surface area (Å²) in [5.74, 6) is 1.81. The average molecular weight is 334 g/mol. The fourth-order valence-electron chi connectivity index (χ4n) is 2.84. The molecule has 0 aliphatic carbocycles. The minimum absolute atomic E-state index is 0.681. The molecule has 1 aromatic heterocycles. The largest absolute Gasteiger partial charge is 0.494 e. The Kier molecular flexibility index (Phi) is 5.34. The molecule has 0 fully saturated rings. The molecule has 128 valence electrons. The van der Waals surface area contributed by atoms with Gasteiger partial charge in [0.05, 0.1) is 18.6 Å². The predicted molar refractivity (Wildman–Crippen MR) is 103 cm³/mol. The van der Waals surface area contributed by atoms with Crippen molar-refractivity contribution in [3.63, 3.8) is 0 Å². The zero-order valence-electron chi connectivity index (χ0n) is 15.0. The first-order valence-electron chi connectivity index (χ1n) is 8.68. The number of benzene rings is 2. The number of nitrogens with zero attached hydrogens (tertiary/aromatic N) is 1. The maximum absolute atomic E-state index is 5.58. The Bertz CT molecular complexity index is 882. The van der Waals surface area contributed by atoms with Crippen molar-refractivity contribution in [2.24, 2.45) is 7.05 Å². The van der Waals surface area contributed by atoms with Crippen LogP contribution in [0.3, 0.4) is 0 Å². The zero-order valence-corrected chi connectivity index (χ0v) is 15.0. The number of aryl methyl sites for hydroxylation is 1. The third-order valence-electron chi connectivity index (χ3n) is 4.13. The molecule has 2 aromatic carbocycles. The average Bonchev–Trinajstić information content (AvgIpc) is 2.63. The third kappa shape index (κ3) is 4.00. The lowest BCUT2D eigenvalue weighted by molar-refractivity contribution is -0.646. The van der Waals surface area contributed by atoms with E-state index in [4.69, 9.17) is 9.47 Å². The number of hydrogen-bond donors (Lipinski definition) is 0. The molecule has 3 nitrogen and oxygen atoms in total. The number of rotatable bonds is 6. The van der Waals surface area contributed by atoms with Gasteiger partial charge in [-0.3, -0.25) is 0 Å². The quantitative estimate of drug-likeness (QED) is 0.613. The van der Waals surface area contributed by atoms with Gasteiger partial charge in [0.15, 0.2) is 0 Å². The van der Waals surface area contributed by atoms with Crippen LogP contribution in [0.15, 0.2) is 54.6 Å². The summed E-state index contributed by atoms with van der Waals surface area (Å²) in [4.78, 5) is 0. The summed E-state index contributed by atoms with van der Waals surface area (Å²) < 4.78 is 13.3. The fourth-order valence-corrected chi connectivity index (χ4v) is 2.84. The predicted octanol–water partition coefficient (Wildman–Crippen LogP) is 4.63. The molecule has 3 heteroatoms. The number of hydrogen-bond acceptors (Lipinski definition) is 2.